The van der Waals surface area contributed by atoms with Crippen molar-refractivity contribution in [3.8, 4) is 0 Å². The fraction of sp³-hybridized carbons (Fsp3) is 0.562. The number of carbonyl (C=O) groups excluding carboxylic acids is 1. The van der Waals surface area contributed by atoms with Gasteiger partial charge in [-0.1, -0.05) is 12.5 Å². The average Bonchev–Trinajstić information content (AvgIpc) is 2.55. The molecule has 3 N–H and O–H groups in total. The summed E-state index contributed by atoms with van der Waals surface area (Å²) < 4.78 is 27.6. The van der Waals surface area contributed by atoms with Crippen molar-refractivity contribution >= 4 is 15.9 Å². The van der Waals surface area contributed by atoms with Gasteiger partial charge in [0, 0.05) is 30.7 Å². The van der Waals surface area contributed by atoms with Gasteiger partial charge in [-0.15, -0.1) is 0 Å². The molecule has 2 heterocycles. The van der Waals surface area contributed by atoms with Crippen LogP contribution in [0, 0.1) is 0 Å². The highest BCUT2D eigenvalue weighted by molar-refractivity contribution is 7.89. The molecule has 7 heteroatoms. The van der Waals surface area contributed by atoms with E-state index in [0.717, 1.165) is 31.2 Å². The van der Waals surface area contributed by atoms with Crippen LogP contribution in [0.4, 0.5) is 0 Å². The minimum atomic E-state index is -3.64. The van der Waals surface area contributed by atoms with E-state index in [0.29, 0.717) is 18.7 Å². The third-order valence-electron chi connectivity index (χ3n) is 4.72. The van der Waals surface area contributed by atoms with Gasteiger partial charge in [0.2, 0.25) is 10.0 Å². The molecule has 3 rings (SSSR count). The minimum Gasteiger partial charge on any atom is -0.352 e. The maximum absolute atomic E-state index is 13.0. The number of benzene rings is 1. The predicted octanol–water partition coefficient (Wildman–Crippen LogP) is 0.863. The molecular weight excluding hydrogens is 314 g/mol. The number of hydrogen-bond acceptors (Lipinski definition) is 4. The van der Waals surface area contributed by atoms with E-state index in [1.54, 1.807) is 12.1 Å². The molecule has 6 nitrogen and oxygen atoms in total. The Hall–Kier alpha value is -1.44. The molecule has 1 aromatic rings. The number of fused-ring (bicyclic) bond motifs is 1. The van der Waals surface area contributed by atoms with E-state index in [-0.39, 0.29) is 22.9 Å². The maximum Gasteiger partial charge on any atom is 0.251 e. The summed E-state index contributed by atoms with van der Waals surface area (Å²) in [5, 5.41) is 2.76. The molecule has 0 aromatic heterocycles. The zero-order valence-corrected chi connectivity index (χ0v) is 14.1. The molecule has 0 radical (unpaired) electrons. The van der Waals surface area contributed by atoms with Crippen LogP contribution in [0.3, 0.4) is 0 Å². The van der Waals surface area contributed by atoms with Crippen molar-refractivity contribution in [1.82, 2.24) is 9.62 Å². The first-order valence-corrected chi connectivity index (χ1v) is 9.54. The van der Waals surface area contributed by atoms with Crippen molar-refractivity contribution in [2.24, 2.45) is 5.73 Å². The summed E-state index contributed by atoms with van der Waals surface area (Å²) in [5.74, 6) is -0.203. The standard InChI is InChI=1S/C16H23N3O3S/c1-11(17)15-4-2-3-9-19(15)23(21,22)13-6-5-12-7-8-18-16(20)14(12)10-13/h5-6,10-11,15H,2-4,7-9,17H2,1H3,(H,18,20)/t11-,15+/m1/s1. The second kappa shape index (κ2) is 6.22. The SMILES string of the molecule is C[C@@H](N)[C@@H]1CCCCN1S(=O)(=O)c1ccc2c(c1)C(=O)NCC2. The molecule has 126 valence electrons. The van der Waals surface area contributed by atoms with Crippen LogP contribution in [-0.2, 0) is 16.4 Å². The lowest BCUT2D eigenvalue weighted by atomic mass is 10.00. The van der Waals surface area contributed by atoms with Gasteiger partial charge in [-0.2, -0.15) is 4.31 Å². The zero-order valence-electron chi connectivity index (χ0n) is 13.3. The molecular formula is C16H23N3O3S. The van der Waals surface area contributed by atoms with Gasteiger partial charge in [0.1, 0.15) is 0 Å². The van der Waals surface area contributed by atoms with Crippen molar-refractivity contribution in [3.05, 3.63) is 29.3 Å². The normalized spacial score (nSPS) is 23.9. The number of sulfonamides is 1. The number of rotatable bonds is 3. The lowest BCUT2D eigenvalue weighted by Crippen LogP contribution is -2.51. The summed E-state index contributed by atoms with van der Waals surface area (Å²) >= 11 is 0. The number of nitrogens with zero attached hydrogens (tertiary/aromatic N) is 1. The molecule has 1 aromatic carbocycles. The molecule has 2 aliphatic heterocycles. The Kier molecular flexibility index (Phi) is 4.44. The molecule has 0 bridgehead atoms. The van der Waals surface area contributed by atoms with Gasteiger partial charge in [0.05, 0.1) is 4.90 Å². The topological polar surface area (TPSA) is 92.5 Å². The van der Waals surface area contributed by atoms with Crippen LogP contribution < -0.4 is 11.1 Å². The minimum absolute atomic E-state index is 0.181. The second-order valence-corrected chi connectivity index (χ2v) is 8.25. The summed E-state index contributed by atoms with van der Waals surface area (Å²) in [6.45, 7) is 2.92. The van der Waals surface area contributed by atoms with Crippen molar-refractivity contribution < 1.29 is 13.2 Å². The molecule has 0 spiro atoms. The van der Waals surface area contributed by atoms with Gasteiger partial charge in [-0.3, -0.25) is 4.79 Å². The zero-order chi connectivity index (χ0) is 16.6. The predicted molar refractivity (Wildman–Crippen MR) is 87.7 cm³/mol. The molecule has 2 aliphatic rings. The molecule has 23 heavy (non-hydrogen) atoms. The highest BCUT2D eigenvalue weighted by Gasteiger charge is 2.35. The Morgan fingerprint density at radius 1 is 1.35 bits per heavy atom. The molecule has 0 saturated carbocycles. The van der Waals surface area contributed by atoms with E-state index in [4.69, 9.17) is 5.73 Å². The van der Waals surface area contributed by atoms with E-state index in [1.165, 1.54) is 10.4 Å². The second-order valence-electron chi connectivity index (χ2n) is 6.36. The molecule has 1 saturated heterocycles. The monoisotopic (exact) mass is 337 g/mol. The first-order valence-electron chi connectivity index (χ1n) is 8.10. The highest BCUT2D eigenvalue weighted by atomic mass is 32.2. The third kappa shape index (κ3) is 3.00. The summed E-state index contributed by atoms with van der Waals surface area (Å²) in [6, 6.07) is 4.47. The van der Waals surface area contributed by atoms with E-state index in [2.05, 4.69) is 5.32 Å². The van der Waals surface area contributed by atoms with Crippen LogP contribution in [0.25, 0.3) is 0 Å². The Balaban J connectivity index is 1.99. The van der Waals surface area contributed by atoms with Crippen molar-refractivity contribution in [2.45, 2.75) is 49.6 Å². The number of nitrogens with two attached hydrogens (primary N) is 1. The first kappa shape index (κ1) is 16.4. The quantitative estimate of drug-likeness (QED) is 0.856. The Morgan fingerprint density at radius 3 is 2.87 bits per heavy atom. The fourth-order valence-electron chi connectivity index (χ4n) is 3.44. The van der Waals surface area contributed by atoms with Crippen LogP contribution in [0.5, 0.6) is 0 Å². The largest absolute Gasteiger partial charge is 0.352 e. The van der Waals surface area contributed by atoms with Gasteiger partial charge < -0.3 is 11.1 Å². The Bertz CT molecular complexity index is 715. The number of hydrogen-bond donors (Lipinski definition) is 2. The van der Waals surface area contributed by atoms with Crippen LogP contribution in [-0.4, -0.2) is 43.8 Å². The first-order chi connectivity index (χ1) is 10.9. The number of nitrogens with one attached hydrogen (secondary N) is 1. The molecule has 0 aliphatic carbocycles. The van der Waals surface area contributed by atoms with Crippen LogP contribution in [0.15, 0.2) is 23.1 Å². The van der Waals surface area contributed by atoms with Crippen molar-refractivity contribution in [1.29, 1.82) is 0 Å². The number of piperidine rings is 1. The van der Waals surface area contributed by atoms with Gasteiger partial charge >= 0.3 is 0 Å². The smallest absolute Gasteiger partial charge is 0.251 e. The van der Waals surface area contributed by atoms with Gasteiger partial charge in [0.25, 0.3) is 5.91 Å². The summed E-state index contributed by atoms with van der Waals surface area (Å²) in [5.41, 5.74) is 7.36. The van der Waals surface area contributed by atoms with Crippen LogP contribution in [0.1, 0.15) is 42.1 Å². The summed E-state index contributed by atoms with van der Waals surface area (Å²) in [6.07, 6.45) is 3.34. The Morgan fingerprint density at radius 2 is 2.13 bits per heavy atom. The fourth-order valence-corrected chi connectivity index (χ4v) is 5.24. The highest BCUT2D eigenvalue weighted by Crippen LogP contribution is 2.28. The summed E-state index contributed by atoms with van der Waals surface area (Å²) in [7, 11) is -3.64. The maximum atomic E-state index is 13.0. The summed E-state index contributed by atoms with van der Waals surface area (Å²) in [4.78, 5) is 12.2. The molecule has 1 fully saturated rings. The number of carbonyl (C=O) groups is 1. The lowest BCUT2D eigenvalue weighted by Gasteiger charge is -2.37. The Labute approximate surface area is 137 Å². The van der Waals surface area contributed by atoms with E-state index >= 15 is 0 Å². The van der Waals surface area contributed by atoms with Gasteiger partial charge in [-0.25, -0.2) is 8.42 Å². The molecule has 1 amide bonds. The number of amides is 1. The average molecular weight is 337 g/mol. The molecule has 0 unspecified atom stereocenters. The lowest BCUT2D eigenvalue weighted by molar-refractivity contribution is 0.0945. The van der Waals surface area contributed by atoms with Crippen molar-refractivity contribution in [2.75, 3.05) is 13.1 Å². The van der Waals surface area contributed by atoms with Gasteiger partial charge in [-0.05, 0) is 43.9 Å². The molecule has 2 atom stereocenters. The van der Waals surface area contributed by atoms with Crippen LogP contribution in [0.2, 0.25) is 0 Å². The van der Waals surface area contributed by atoms with Crippen LogP contribution >= 0.6 is 0 Å². The van der Waals surface area contributed by atoms with E-state index in [9.17, 15) is 13.2 Å². The third-order valence-corrected chi connectivity index (χ3v) is 6.64. The van der Waals surface area contributed by atoms with E-state index < -0.39 is 10.0 Å². The van der Waals surface area contributed by atoms with E-state index in [1.807, 2.05) is 6.92 Å². The van der Waals surface area contributed by atoms with Gasteiger partial charge in [0.15, 0.2) is 0 Å². The van der Waals surface area contributed by atoms with Crippen molar-refractivity contribution in [3.63, 3.8) is 0 Å².